The van der Waals surface area contributed by atoms with E-state index < -0.39 is 0 Å². The Kier molecular flexibility index (Phi) is 5.15. The van der Waals surface area contributed by atoms with Crippen LogP contribution in [0.25, 0.3) is 0 Å². The van der Waals surface area contributed by atoms with Crippen LogP contribution in [0.5, 0.6) is 0 Å². The van der Waals surface area contributed by atoms with Crippen LogP contribution in [0.2, 0.25) is 0 Å². The number of hydrogen-bond acceptors (Lipinski definition) is 3. The van der Waals surface area contributed by atoms with E-state index in [2.05, 4.69) is 39.4 Å². The molecule has 5 heteroatoms. The first-order valence-electron chi connectivity index (χ1n) is 9.78. The maximum Gasteiger partial charge on any atom is 0.251 e. The number of hydrogen-bond donors (Lipinski definition) is 1. The van der Waals surface area contributed by atoms with Crippen molar-refractivity contribution in [3.8, 4) is 0 Å². The SMILES string of the molecule is CN(C)c1cccc(C(=O)N[C@@H]2CCCc3c2cnn3Cc2ccccc2)c1. The molecule has 0 saturated heterocycles. The molecule has 1 heterocycles. The molecule has 4 rings (SSSR count). The second-order valence-corrected chi connectivity index (χ2v) is 7.55. The lowest BCUT2D eigenvalue weighted by atomic mass is 9.92. The summed E-state index contributed by atoms with van der Waals surface area (Å²) in [6.45, 7) is 0.766. The minimum absolute atomic E-state index is 0.0174. The summed E-state index contributed by atoms with van der Waals surface area (Å²) in [6, 6.07) is 18.1. The number of benzene rings is 2. The van der Waals surface area contributed by atoms with Gasteiger partial charge in [-0.25, -0.2) is 0 Å². The number of nitrogens with one attached hydrogen (secondary N) is 1. The van der Waals surface area contributed by atoms with E-state index in [0.717, 1.165) is 37.1 Å². The van der Waals surface area contributed by atoms with Crippen LogP contribution in [-0.2, 0) is 13.0 Å². The van der Waals surface area contributed by atoms with Gasteiger partial charge in [-0.15, -0.1) is 0 Å². The Morgan fingerprint density at radius 1 is 1.18 bits per heavy atom. The Hall–Kier alpha value is -3.08. The topological polar surface area (TPSA) is 50.2 Å². The second kappa shape index (κ2) is 7.89. The maximum absolute atomic E-state index is 12.8. The van der Waals surface area contributed by atoms with Crippen LogP contribution in [-0.4, -0.2) is 29.8 Å². The van der Waals surface area contributed by atoms with E-state index in [4.69, 9.17) is 0 Å². The number of aromatic nitrogens is 2. The third kappa shape index (κ3) is 3.79. The molecule has 5 nitrogen and oxygen atoms in total. The normalized spacial score (nSPS) is 15.7. The third-order valence-corrected chi connectivity index (χ3v) is 5.37. The number of nitrogens with zero attached hydrogens (tertiary/aromatic N) is 3. The highest BCUT2D eigenvalue weighted by atomic mass is 16.1. The van der Waals surface area contributed by atoms with Gasteiger partial charge in [-0.05, 0) is 43.0 Å². The molecule has 0 radical (unpaired) electrons. The lowest BCUT2D eigenvalue weighted by molar-refractivity contribution is 0.0932. The van der Waals surface area contributed by atoms with E-state index >= 15 is 0 Å². The average Bonchev–Trinajstić information content (AvgIpc) is 3.13. The van der Waals surface area contributed by atoms with E-state index in [1.165, 1.54) is 11.3 Å². The molecule has 1 atom stereocenters. The Balaban J connectivity index is 1.52. The molecule has 144 valence electrons. The van der Waals surface area contributed by atoms with Crippen LogP contribution < -0.4 is 10.2 Å². The standard InChI is InChI=1S/C23H26N4O/c1-26(2)19-11-6-10-18(14-19)23(28)25-21-12-7-13-22-20(21)15-24-27(22)16-17-8-4-3-5-9-17/h3-6,8-11,14-15,21H,7,12-13,16H2,1-2H3,(H,25,28)/t21-/m1/s1. The fourth-order valence-corrected chi connectivity index (χ4v) is 3.83. The molecule has 28 heavy (non-hydrogen) atoms. The summed E-state index contributed by atoms with van der Waals surface area (Å²) in [5, 5.41) is 7.84. The lowest BCUT2D eigenvalue weighted by Crippen LogP contribution is -2.31. The van der Waals surface area contributed by atoms with E-state index in [1.807, 2.05) is 55.5 Å². The monoisotopic (exact) mass is 374 g/mol. The minimum atomic E-state index is -0.0302. The summed E-state index contributed by atoms with van der Waals surface area (Å²) in [6.07, 6.45) is 4.93. The zero-order valence-corrected chi connectivity index (χ0v) is 16.4. The number of amides is 1. The van der Waals surface area contributed by atoms with Crippen LogP contribution in [0.4, 0.5) is 5.69 Å². The molecule has 0 bridgehead atoms. The van der Waals surface area contributed by atoms with Gasteiger partial charge < -0.3 is 10.2 Å². The summed E-state index contributed by atoms with van der Waals surface area (Å²) < 4.78 is 2.08. The zero-order chi connectivity index (χ0) is 19.5. The van der Waals surface area contributed by atoms with Gasteiger partial charge in [0.25, 0.3) is 5.91 Å². The van der Waals surface area contributed by atoms with Gasteiger partial charge in [0.1, 0.15) is 0 Å². The molecule has 3 aromatic rings. The van der Waals surface area contributed by atoms with Crippen molar-refractivity contribution < 1.29 is 4.79 Å². The van der Waals surface area contributed by atoms with E-state index in [0.29, 0.717) is 5.56 Å². The molecule has 0 fully saturated rings. The molecule has 1 amide bonds. The van der Waals surface area contributed by atoms with Crippen molar-refractivity contribution in [3.63, 3.8) is 0 Å². The van der Waals surface area contributed by atoms with Crippen molar-refractivity contribution in [3.05, 3.63) is 83.2 Å². The van der Waals surface area contributed by atoms with Crippen molar-refractivity contribution in [2.75, 3.05) is 19.0 Å². The number of anilines is 1. The van der Waals surface area contributed by atoms with Gasteiger partial charge in [0.15, 0.2) is 0 Å². The number of carbonyl (C=O) groups excluding carboxylic acids is 1. The van der Waals surface area contributed by atoms with Gasteiger partial charge in [0, 0.05) is 36.6 Å². The van der Waals surface area contributed by atoms with Crippen molar-refractivity contribution >= 4 is 11.6 Å². The van der Waals surface area contributed by atoms with Gasteiger partial charge in [0.2, 0.25) is 0 Å². The second-order valence-electron chi connectivity index (χ2n) is 7.55. The number of rotatable bonds is 5. The Bertz CT molecular complexity index is 962. The highest BCUT2D eigenvalue weighted by molar-refractivity contribution is 5.95. The van der Waals surface area contributed by atoms with Gasteiger partial charge in [-0.1, -0.05) is 36.4 Å². The third-order valence-electron chi connectivity index (χ3n) is 5.37. The molecule has 1 aliphatic rings. The fraction of sp³-hybridized carbons (Fsp3) is 0.304. The van der Waals surface area contributed by atoms with Gasteiger partial charge in [-0.2, -0.15) is 5.10 Å². The summed E-state index contributed by atoms with van der Waals surface area (Å²) >= 11 is 0. The highest BCUT2D eigenvalue weighted by Gasteiger charge is 2.26. The van der Waals surface area contributed by atoms with E-state index in [1.54, 1.807) is 0 Å². The van der Waals surface area contributed by atoms with Crippen LogP contribution in [0.15, 0.2) is 60.8 Å². The fourth-order valence-electron chi connectivity index (χ4n) is 3.83. The molecule has 1 aromatic heterocycles. The van der Waals surface area contributed by atoms with Gasteiger partial charge >= 0.3 is 0 Å². The molecule has 1 aliphatic carbocycles. The predicted molar refractivity (Wildman–Crippen MR) is 112 cm³/mol. The summed E-state index contributed by atoms with van der Waals surface area (Å²) in [5.41, 5.74) is 5.34. The first kappa shape index (κ1) is 18.3. The first-order valence-corrected chi connectivity index (χ1v) is 9.78. The molecule has 0 saturated carbocycles. The smallest absolute Gasteiger partial charge is 0.251 e. The van der Waals surface area contributed by atoms with E-state index in [-0.39, 0.29) is 11.9 Å². The Morgan fingerprint density at radius 3 is 2.79 bits per heavy atom. The van der Waals surface area contributed by atoms with Crippen molar-refractivity contribution in [2.24, 2.45) is 0 Å². The largest absolute Gasteiger partial charge is 0.378 e. The number of fused-ring (bicyclic) bond motifs is 1. The Morgan fingerprint density at radius 2 is 2.00 bits per heavy atom. The maximum atomic E-state index is 12.8. The lowest BCUT2D eigenvalue weighted by Gasteiger charge is -2.24. The van der Waals surface area contributed by atoms with Crippen LogP contribution in [0.3, 0.4) is 0 Å². The quantitative estimate of drug-likeness (QED) is 0.739. The molecule has 0 spiro atoms. The average molecular weight is 374 g/mol. The van der Waals surface area contributed by atoms with Gasteiger partial charge in [0.05, 0.1) is 18.8 Å². The molecule has 0 aliphatic heterocycles. The molecule has 2 aromatic carbocycles. The predicted octanol–water partition coefficient (Wildman–Crippen LogP) is 3.80. The van der Waals surface area contributed by atoms with Crippen molar-refractivity contribution in [1.29, 1.82) is 0 Å². The van der Waals surface area contributed by atoms with E-state index in [9.17, 15) is 4.79 Å². The summed E-state index contributed by atoms with van der Waals surface area (Å²) in [5.74, 6) is -0.0302. The Labute approximate surface area is 166 Å². The molecular formula is C23H26N4O. The van der Waals surface area contributed by atoms with Crippen LogP contribution >= 0.6 is 0 Å². The first-order chi connectivity index (χ1) is 13.6. The number of carbonyl (C=O) groups is 1. The summed E-state index contributed by atoms with van der Waals surface area (Å²) in [7, 11) is 3.96. The van der Waals surface area contributed by atoms with Crippen LogP contribution in [0.1, 0.15) is 46.1 Å². The van der Waals surface area contributed by atoms with Crippen LogP contribution in [0, 0.1) is 0 Å². The van der Waals surface area contributed by atoms with Crippen molar-refractivity contribution in [1.82, 2.24) is 15.1 Å². The summed E-state index contributed by atoms with van der Waals surface area (Å²) in [4.78, 5) is 14.8. The van der Waals surface area contributed by atoms with Crippen molar-refractivity contribution in [2.45, 2.75) is 31.8 Å². The zero-order valence-electron chi connectivity index (χ0n) is 16.4. The molecule has 1 N–H and O–H groups in total. The van der Waals surface area contributed by atoms with Gasteiger partial charge in [-0.3, -0.25) is 9.48 Å². The molecular weight excluding hydrogens is 348 g/mol. The molecule has 0 unspecified atom stereocenters. The minimum Gasteiger partial charge on any atom is -0.378 e. The highest BCUT2D eigenvalue weighted by Crippen LogP contribution is 2.30.